The molecule has 3 aromatic carbocycles. The molecule has 0 saturated heterocycles. The monoisotopic (exact) mass is 402 g/mol. The Morgan fingerprint density at radius 2 is 1.43 bits per heavy atom. The first-order valence-corrected chi connectivity index (χ1v) is 9.29. The number of nitro groups is 1. The summed E-state index contributed by atoms with van der Waals surface area (Å²) in [5, 5.41) is 11.0. The van der Waals surface area contributed by atoms with Gasteiger partial charge in [0.05, 0.1) is 21.7 Å². The predicted octanol–water partition coefficient (Wildman–Crippen LogP) is 5.11. The molecule has 0 radical (unpaired) electrons. The molecular formula is C23H18N2O5. The normalized spacial score (nSPS) is 12.8. The molecule has 150 valence electrons. The van der Waals surface area contributed by atoms with Gasteiger partial charge in [0.15, 0.2) is 0 Å². The van der Waals surface area contributed by atoms with Gasteiger partial charge in [-0.3, -0.25) is 19.7 Å². The lowest BCUT2D eigenvalue weighted by Crippen LogP contribution is -2.30. The van der Waals surface area contributed by atoms with Gasteiger partial charge in [0.1, 0.15) is 11.5 Å². The number of non-ortho nitro benzene ring substituents is 1. The number of anilines is 1. The number of ether oxygens (including phenoxy) is 1. The number of fused-ring (bicyclic) bond motifs is 1. The van der Waals surface area contributed by atoms with E-state index in [0.29, 0.717) is 22.7 Å². The second-order valence-corrected chi connectivity index (χ2v) is 7.23. The number of benzene rings is 3. The SMILES string of the molecule is Cc1ccc(Oc2ccc3c(c2)C(=O)N(c2ccc([N+](=O)[O-])cc2C)C3=O)cc1C. The molecule has 3 aromatic rings. The topological polar surface area (TPSA) is 89.8 Å². The third-order valence-electron chi connectivity index (χ3n) is 5.20. The van der Waals surface area contributed by atoms with Gasteiger partial charge in [-0.15, -0.1) is 0 Å². The van der Waals surface area contributed by atoms with Crippen molar-refractivity contribution in [2.24, 2.45) is 0 Å². The molecule has 1 aliphatic heterocycles. The minimum Gasteiger partial charge on any atom is -0.457 e. The van der Waals surface area contributed by atoms with Gasteiger partial charge in [-0.25, -0.2) is 4.90 Å². The lowest BCUT2D eigenvalue weighted by Gasteiger charge is -2.16. The molecule has 0 aliphatic carbocycles. The van der Waals surface area contributed by atoms with E-state index in [2.05, 4.69) is 0 Å². The zero-order chi connectivity index (χ0) is 21.6. The van der Waals surface area contributed by atoms with E-state index in [9.17, 15) is 19.7 Å². The Labute approximate surface area is 172 Å². The fraction of sp³-hybridized carbons (Fsp3) is 0.130. The molecule has 2 amide bonds. The summed E-state index contributed by atoms with van der Waals surface area (Å²) in [5.74, 6) is 0.125. The van der Waals surface area contributed by atoms with Gasteiger partial charge in [0.2, 0.25) is 0 Å². The summed E-state index contributed by atoms with van der Waals surface area (Å²) >= 11 is 0. The number of amides is 2. The summed E-state index contributed by atoms with van der Waals surface area (Å²) in [4.78, 5) is 37.3. The van der Waals surface area contributed by atoms with E-state index in [1.165, 1.54) is 18.2 Å². The number of nitrogens with zero attached hydrogens (tertiary/aromatic N) is 2. The molecule has 0 spiro atoms. The Morgan fingerprint density at radius 3 is 2.10 bits per heavy atom. The average Bonchev–Trinajstić information content (AvgIpc) is 2.95. The minimum atomic E-state index is -0.518. The first kappa shape index (κ1) is 19.3. The van der Waals surface area contributed by atoms with E-state index < -0.39 is 16.7 Å². The molecule has 4 rings (SSSR count). The van der Waals surface area contributed by atoms with Crippen molar-refractivity contribution in [2.75, 3.05) is 4.90 Å². The van der Waals surface area contributed by atoms with Gasteiger partial charge in [0.25, 0.3) is 17.5 Å². The van der Waals surface area contributed by atoms with E-state index >= 15 is 0 Å². The first-order chi connectivity index (χ1) is 14.3. The molecule has 7 nitrogen and oxygen atoms in total. The molecular weight excluding hydrogens is 384 g/mol. The number of rotatable bonds is 4. The number of carbonyl (C=O) groups is 2. The summed E-state index contributed by atoms with van der Waals surface area (Å²) in [7, 11) is 0. The summed E-state index contributed by atoms with van der Waals surface area (Å²) in [6, 6.07) is 14.5. The van der Waals surface area contributed by atoms with Crippen LogP contribution in [0.15, 0.2) is 54.6 Å². The maximum Gasteiger partial charge on any atom is 0.269 e. The van der Waals surface area contributed by atoms with Crippen LogP contribution < -0.4 is 9.64 Å². The molecule has 1 aliphatic rings. The second-order valence-electron chi connectivity index (χ2n) is 7.23. The highest BCUT2D eigenvalue weighted by Gasteiger charge is 2.38. The van der Waals surface area contributed by atoms with Crippen molar-refractivity contribution in [1.82, 2.24) is 0 Å². The highest BCUT2D eigenvalue weighted by Crippen LogP contribution is 2.35. The van der Waals surface area contributed by atoms with Gasteiger partial charge in [0, 0.05) is 12.1 Å². The van der Waals surface area contributed by atoms with Crippen LogP contribution in [0.2, 0.25) is 0 Å². The van der Waals surface area contributed by atoms with Crippen molar-refractivity contribution in [3.63, 3.8) is 0 Å². The maximum atomic E-state index is 13.0. The van der Waals surface area contributed by atoms with Crippen LogP contribution in [-0.2, 0) is 0 Å². The second kappa shape index (κ2) is 7.11. The molecule has 1 heterocycles. The van der Waals surface area contributed by atoms with Crippen LogP contribution in [0.5, 0.6) is 11.5 Å². The first-order valence-electron chi connectivity index (χ1n) is 9.29. The van der Waals surface area contributed by atoms with Crippen LogP contribution in [0, 0.1) is 30.9 Å². The molecule has 0 bridgehead atoms. The van der Waals surface area contributed by atoms with Crippen molar-refractivity contribution >= 4 is 23.2 Å². The van der Waals surface area contributed by atoms with Gasteiger partial charge < -0.3 is 4.74 Å². The summed E-state index contributed by atoms with van der Waals surface area (Å²) in [5.41, 5.74) is 3.42. The number of hydrogen-bond donors (Lipinski definition) is 0. The summed E-state index contributed by atoms with van der Waals surface area (Å²) in [6.07, 6.45) is 0. The van der Waals surface area contributed by atoms with E-state index in [-0.39, 0.29) is 16.8 Å². The number of hydrogen-bond acceptors (Lipinski definition) is 5. The van der Waals surface area contributed by atoms with Crippen molar-refractivity contribution in [3.05, 3.63) is 92.5 Å². The van der Waals surface area contributed by atoms with E-state index in [0.717, 1.165) is 16.0 Å². The highest BCUT2D eigenvalue weighted by molar-refractivity contribution is 6.34. The standard InChI is InChI=1S/C23H18N2O5/c1-13-4-6-17(11-14(13)2)30-18-7-8-19-20(12-18)23(27)24(22(19)26)21-9-5-16(25(28)29)10-15(21)3/h4-12H,1-3H3. The third kappa shape index (κ3) is 3.20. The zero-order valence-corrected chi connectivity index (χ0v) is 16.6. The predicted molar refractivity (Wildman–Crippen MR) is 111 cm³/mol. The van der Waals surface area contributed by atoms with Crippen LogP contribution in [0.25, 0.3) is 0 Å². The molecule has 0 saturated carbocycles. The average molecular weight is 402 g/mol. The molecule has 30 heavy (non-hydrogen) atoms. The largest absolute Gasteiger partial charge is 0.457 e. The fourth-order valence-corrected chi connectivity index (χ4v) is 3.42. The molecule has 0 N–H and O–H groups in total. The minimum absolute atomic E-state index is 0.100. The number of nitro benzene ring substituents is 1. The Hall–Kier alpha value is -4.00. The summed E-state index contributed by atoms with van der Waals surface area (Å²) < 4.78 is 5.87. The number of imide groups is 1. The Kier molecular flexibility index (Phi) is 4.58. The highest BCUT2D eigenvalue weighted by atomic mass is 16.6. The molecule has 0 fully saturated rings. The molecule has 0 aromatic heterocycles. The zero-order valence-electron chi connectivity index (χ0n) is 16.6. The summed E-state index contributed by atoms with van der Waals surface area (Å²) in [6.45, 7) is 5.62. The van der Waals surface area contributed by atoms with Gasteiger partial charge in [-0.05, 0) is 73.9 Å². The molecule has 0 unspecified atom stereocenters. The van der Waals surface area contributed by atoms with Crippen LogP contribution in [-0.4, -0.2) is 16.7 Å². The van der Waals surface area contributed by atoms with E-state index in [4.69, 9.17) is 4.74 Å². The smallest absolute Gasteiger partial charge is 0.269 e. The number of aryl methyl sites for hydroxylation is 3. The van der Waals surface area contributed by atoms with E-state index in [1.807, 2.05) is 32.0 Å². The Bertz CT molecular complexity index is 1230. The lowest BCUT2D eigenvalue weighted by molar-refractivity contribution is -0.384. The Balaban J connectivity index is 1.67. The van der Waals surface area contributed by atoms with Crippen molar-refractivity contribution in [1.29, 1.82) is 0 Å². The van der Waals surface area contributed by atoms with Gasteiger partial charge >= 0.3 is 0 Å². The molecule has 7 heteroatoms. The quantitative estimate of drug-likeness (QED) is 0.343. The lowest BCUT2D eigenvalue weighted by atomic mass is 10.1. The molecule has 0 atom stereocenters. The van der Waals surface area contributed by atoms with Gasteiger partial charge in [-0.1, -0.05) is 6.07 Å². The van der Waals surface area contributed by atoms with Crippen LogP contribution in [0.1, 0.15) is 37.4 Å². The third-order valence-corrected chi connectivity index (χ3v) is 5.20. The number of carbonyl (C=O) groups excluding carboxylic acids is 2. The van der Waals surface area contributed by atoms with Crippen molar-refractivity contribution < 1.29 is 19.2 Å². The Morgan fingerprint density at radius 1 is 0.767 bits per heavy atom. The van der Waals surface area contributed by atoms with Crippen LogP contribution in [0.3, 0.4) is 0 Å². The van der Waals surface area contributed by atoms with Crippen molar-refractivity contribution in [3.8, 4) is 11.5 Å². The van der Waals surface area contributed by atoms with Crippen LogP contribution in [0.4, 0.5) is 11.4 Å². The van der Waals surface area contributed by atoms with E-state index in [1.54, 1.807) is 25.1 Å². The fourth-order valence-electron chi connectivity index (χ4n) is 3.42. The van der Waals surface area contributed by atoms with Gasteiger partial charge in [-0.2, -0.15) is 0 Å². The maximum absolute atomic E-state index is 13.0. The van der Waals surface area contributed by atoms with Crippen LogP contribution >= 0.6 is 0 Å². The van der Waals surface area contributed by atoms with Crippen molar-refractivity contribution in [2.45, 2.75) is 20.8 Å².